The van der Waals surface area contributed by atoms with Gasteiger partial charge in [0.05, 0.1) is 0 Å². The van der Waals surface area contributed by atoms with E-state index in [1.165, 1.54) is 46.7 Å². The Morgan fingerprint density at radius 1 is 0.594 bits per heavy atom. The highest BCUT2D eigenvalue weighted by molar-refractivity contribution is 7.53. The Morgan fingerprint density at radius 3 is 1.75 bits per heavy atom. The lowest BCUT2D eigenvalue weighted by atomic mass is 10.1. The number of aryl methyl sites for hydroxylation is 1. The zero-order chi connectivity index (χ0) is 21.8. The first kappa shape index (κ1) is 22.5. The SMILES string of the molecule is CCCCCCc1ccc(-c2ccc([Si](c3cccs3)(c3cccs3)c3cccs3)s2)s1. The molecule has 0 N–H and O–H groups in total. The highest BCUT2D eigenvalue weighted by Gasteiger charge is 2.45. The van der Waals surface area contributed by atoms with Crippen molar-refractivity contribution in [2.45, 2.75) is 39.0 Å². The van der Waals surface area contributed by atoms with Crippen LogP contribution >= 0.6 is 56.7 Å². The van der Waals surface area contributed by atoms with Crippen LogP contribution in [0, 0.1) is 0 Å². The van der Waals surface area contributed by atoms with E-state index in [0.717, 1.165) is 0 Å². The molecule has 0 nitrogen and oxygen atoms in total. The highest BCUT2D eigenvalue weighted by atomic mass is 32.1. The number of hydrogen-bond donors (Lipinski definition) is 0. The Balaban J connectivity index is 1.54. The van der Waals surface area contributed by atoms with Crippen molar-refractivity contribution in [1.29, 1.82) is 0 Å². The average Bonchev–Trinajstić information content (AvgIpc) is 3.64. The molecular formula is C26H26S5Si. The topological polar surface area (TPSA) is 0 Å². The van der Waals surface area contributed by atoms with Gasteiger partial charge in [0.15, 0.2) is 0 Å². The maximum Gasteiger partial charge on any atom is 0.222 e. The molecule has 0 aromatic carbocycles. The van der Waals surface area contributed by atoms with Crippen molar-refractivity contribution >= 4 is 82.8 Å². The molecule has 0 aliphatic rings. The van der Waals surface area contributed by atoms with Crippen molar-refractivity contribution in [3.05, 3.63) is 81.7 Å². The van der Waals surface area contributed by atoms with Crippen LogP contribution in [-0.2, 0) is 6.42 Å². The zero-order valence-corrected chi connectivity index (χ0v) is 23.2. The van der Waals surface area contributed by atoms with Crippen molar-refractivity contribution in [1.82, 2.24) is 0 Å². The van der Waals surface area contributed by atoms with Crippen LogP contribution < -0.4 is 18.0 Å². The lowest BCUT2D eigenvalue weighted by molar-refractivity contribution is 0.670. The largest absolute Gasteiger partial charge is 0.222 e. The highest BCUT2D eigenvalue weighted by Crippen LogP contribution is 2.33. The van der Waals surface area contributed by atoms with E-state index in [1.807, 2.05) is 56.7 Å². The fraction of sp³-hybridized carbons (Fsp3) is 0.231. The number of hydrogen-bond acceptors (Lipinski definition) is 5. The van der Waals surface area contributed by atoms with Crippen LogP contribution in [0.3, 0.4) is 0 Å². The van der Waals surface area contributed by atoms with Gasteiger partial charge in [-0.05, 0) is 47.2 Å². The van der Waals surface area contributed by atoms with Gasteiger partial charge in [-0.1, -0.05) is 68.7 Å². The number of rotatable bonds is 10. The molecule has 5 aromatic heterocycles. The van der Waals surface area contributed by atoms with E-state index < -0.39 is 8.07 Å². The minimum Gasteiger partial charge on any atom is -0.152 e. The van der Waals surface area contributed by atoms with E-state index in [2.05, 4.69) is 83.7 Å². The van der Waals surface area contributed by atoms with Crippen LogP contribution in [0.25, 0.3) is 9.75 Å². The molecule has 164 valence electrons. The molecule has 5 rings (SSSR count). The average molecular weight is 527 g/mol. The standard InChI is InChI=1S/C26H26S5Si/c1-2-3-4-5-9-20-13-14-21(30-20)22-15-16-26(31-22)32(23-10-6-17-27-23,24-11-7-18-28-24)25-12-8-19-29-25/h6-8,10-19H,2-5,9H2,1H3. The molecule has 0 saturated carbocycles. The van der Waals surface area contributed by atoms with Crippen molar-refractivity contribution in [3.63, 3.8) is 0 Å². The zero-order valence-electron chi connectivity index (χ0n) is 18.1. The van der Waals surface area contributed by atoms with Crippen molar-refractivity contribution in [3.8, 4) is 9.75 Å². The summed E-state index contributed by atoms with van der Waals surface area (Å²) >= 11 is 9.80. The molecular weight excluding hydrogens is 501 g/mol. The van der Waals surface area contributed by atoms with Gasteiger partial charge in [-0.2, -0.15) is 34.0 Å². The Kier molecular flexibility index (Phi) is 7.26. The van der Waals surface area contributed by atoms with Crippen molar-refractivity contribution in [2.75, 3.05) is 0 Å². The van der Waals surface area contributed by atoms with Gasteiger partial charge >= 0.3 is 0 Å². The Labute approximate surface area is 211 Å². The summed E-state index contributed by atoms with van der Waals surface area (Å²) in [5.74, 6) is 0. The van der Waals surface area contributed by atoms with E-state index in [1.54, 1.807) is 18.0 Å². The summed E-state index contributed by atoms with van der Waals surface area (Å²) in [5, 5.41) is 6.74. The van der Waals surface area contributed by atoms with Gasteiger partial charge in [0.1, 0.15) is 0 Å². The Morgan fingerprint density at radius 2 is 1.19 bits per heavy atom. The summed E-state index contributed by atoms with van der Waals surface area (Å²) in [6, 6.07) is 23.3. The summed E-state index contributed by atoms with van der Waals surface area (Å²) in [7, 11) is -2.20. The summed E-state index contributed by atoms with van der Waals surface area (Å²) < 4.78 is 6.17. The van der Waals surface area contributed by atoms with Crippen molar-refractivity contribution in [2.24, 2.45) is 0 Å². The molecule has 5 aromatic rings. The number of unbranched alkanes of at least 4 members (excludes halogenated alkanes) is 3. The minimum atomic E-state index is -2.20. The molecule has 6 heteroatoms. The van der Waals surface area contributed by atoms with Gasteiger partial charge < -0.3 is 0 Å². The fourth-order valence-corrected chi connectivity index (χ4v) is 19.2. The first-order chi connectivity index (χ1) is 15.8. The van der Waals surface area contributed by atoms with Gasteiger partial charge in [-0.3, -0.25) is 0 Å². The number of thiophene rings is 5. The molecule has 32 heavy (non-hydrogen) atoms. The second-order valence-corrected chi connectivity index (χ2v) is 18.1. The maximum absolute atomic E-state index is 2.44. The molecule has 0 amide bonds. The van der Waals surface area contributed by atoms with E-state index in [4.69, 9.17) is 0 Å². The molecule has 0 spiro atoms. The molecule has 0 aliphatic heterocycles. The van der Waals surface area contributed by atoms with Crippen LogP contribution in [-0.4, -0.2) is 8.07 Å². The lowest BCUT2D eigenvalue weighted by Gasteiger charge is -2.27. The first-order valence-electron chi connectivity index (χ1n) is 11.1. The first-order valence-corrected chi connectivity index (χ1v) is 17.4. The normalized spacial score (nSPS) is 11.9. The Bertz CT molecular complexity index is 1130. The second kappa shape index (κ2) is 10.3. The monoisotopic (exact) mass is 526 g/mol. The Hall–Kier alpha value is -1.28. The summed E-state index contributed by atoms with van der Waals surface area (Å²) in [6.07, 6.45) is 6.55. The van der Waals surface area contributed by atoms with Gasteiger partial charge in [0.2, 0.25) is 8.07 Å². The van der Waals surface area contributed by atoms with Crippen LogP contribution in [0.2, 0.25) is 0 Å². The quantitative estimate of drug-likeness (QED) is 0.134. The summed E-state index contributed by atoms with van der Waals surface area (Å²) in [5.41, 5.74) is 0. The van der Waals surface area contributed by atoms with Gasteiger partial charge in [0.25, 0.3) is 0 Å². The maximum atomic E-state index is 2.44. The van der Waals surface area contributed by atoms with Crippen LogP contribution in [0.15, 0.2) is 76.8 Å². The molecule has 0 aliphatic carbocycles. The van der Waals surface area contributed by atoms with Gasteiger partial charge in [-0.15, -0.1) is 22.7 Å². The van der Waals surface area contributed by atoms with E-state index >= 15 is 0 Å². The fourth-order valence-electron chi connectivity index (χ4n) is 4.25. The van der Waals surface area contributed by atoms with Crippen molar-refractivity contribution < 1.29 is 0 Å². The van der Waals surface area contributed by atoms with Crippen LogP contribution in [0.1, 0.15) is 37.5 Å². The van der Waals surface area contributed by atoms with E-state index in [0.29, 0.717) is 0 Å². The summed E-state index contributed by atoms with van der Waals surface area (Å²) in [4.78, 5) is 4.38. The smallest absolute Gasteiger partial charge is 0.152 e. The minimum absolute atomic E-state index is 1.22. The lowest BCUT2D eigenvalue weighted by Crippen LogP contribution is -2.71. The molecule has 0 atom stereocenters. The van der Waals surface area contributed by atoms with E-state index in [9.17, 15) is 0 Å². The van der Waals surface area contributed by atoms with Gasteiger partial charge in [0, 0.05) is 32.6 Å². The predicted molar refractivity (Wildman–Crippen MR) is 153 cm³/mol. The molecule has 0 saturated heterocycles. The molecule has 0 unspecified atom stereocenters. The summed E-state index contributed by atoms with van der Waals surface area (Å²) in [6.45, 7) is 2.28. The molecule has 0 radical (unpaired) electrons. The molecule has 5 heterocycles. The third kappa shape index (κ3) is 4.29. The molecule has 0 bridgehead atoms. The molecule has 0 fully saturated rings. The van der Waals surface area contributed by atoms with Gasteiger partial charge in [-0.25, -0.2) is 0 Å². The third-order valence-electron chi connectivity index (χ3n) is 5.83. The van der Waals surface area contributed by atoms with Crippen LogP contribution in [0.5, 0.6) is 0 Å². The second-order valence-electron chi connectivity index (χ2n) is 7.92. The third-order valence-corrected chi connectivity index (χ3v) is 18.8. The predicted octanol–water partition coefficient (Wildman–Crippen LogP) is 7.16. The van der Waals surface area contributed by atoms with Crippen LogP contribution in [0.4, 0.5) is 0 Å². The van der Waals surface area contributed by atoms with E-state index in [-0.39, 0.29) is 0 Å².